The van der Waals surface area contributed by atoms with Crippen molar-refractivity contribution in [1.82, 2.24) is 0 Å². The van der Waals surface area contributed by atoms with Crippen molar-refractivity contribution in [2.45, 2.75) is 39.2 Å². The predicted molar refractivity (Wildman–Crippen MR) is 78.5 cm³/mol. The van der Waals surface area contributed by atoms with E-state index in [0.717, 1.165) is 12.0 Å². The Labute approximate surface area is 121 Å². The van der Waals surface area contributed by atoms with Gasteiger partial charge in [0, 0.05) is 6.61 Å². The van der Waals surface area contributed by atoms with Gasteiger partial charge in [0.05, 0.1) is 6.61 Å². The number of esters is 1. The van der Waals surface area contributed by atoms with Gasteiger partial charge in [0.1, 0.15) is 0 Å². The molecule has 0 fully saturated rings. The molecule has 0 radical (unpaired) electrons. The number of carbonyl (C=O) groups is 1. The van der Waals surface area contributed by atoms with Crippen LogP contribution in [0.2, 0.25) is 0 Å². The molecule has 3 nitrogen and oxygen atoms in total. The van der Waals surface area contributed by atoms with Crippen molar-refractivity contribution >= 4 is 18.4 Å². The molecule has 0 saturated carbocycles. The summed E-state index contributed by atoms with van der Waals surface area (Å²) in [5.74, 6) is -0.299. The average Bonchev–Trinajstić information content (AvgIpc) is 2.42. The van der Waals surface area contributed by atoms with Crippen LogP contribution in [-0.4, -0.2) is 19.2 Å². The summed E-state index contributed by atoms with van der Waals surface area (Å²) >= 11 is 0. The van der Waals surface area contributed by atoms with Crippen LogP contribution >= 0.6 is 12.4 Å². The summed E-state index contributed by atoms with van der Waals surface area (Å²) in [6.07, 6.45) is 1.43. The minimum absolute atomic E-state index is 0. The highest BCUT2D eigenvalue weighted by Gasteiger charge is 2.41. The third kappa shape index (κ3) is 4.22. The average molecular weight is 287 g/mol. The van der Waals surface area contributed by atoms with E-state index in [2.05, 4.69) is 0 Å². The van der Waals surface area contributed by atoms with Crippen LogP contribution in [0.4, 0.5) is 0 Å². The quantitative estimate of drug-likeness (QED) is 0.717. The lowest BCUT2D eigenvalue weighted by molar-refractivity contribution is -0.175. The van der Waals surface area contributed by atoms with Gasteiger partial charge in [-0.15, -0.1) is 12.4 Å². The molecule has 4 heteroatoms. The minimum atomic E-state index is -0.965. The largest absolute Gasteiger partial charge is 0.464 e. The third-order valence-corrected chi connectivity index (χ3v) is 2.90. The molecule has 108 valence electrons. The second-order valence-electron chi connectivity index (χ2n) is 4.12. The van der Waals surface area contributed by atoms with Crippen LogP contribution in [0, 0.1) is 0 Å². The van der Waals surface area contributed by atoms with Crippen molar-refractivity contribution in [3.05, 3.63) is 35.9 Å². The summed E-state index contributed by atoms with van der Waals surface area (Å²) in [6.45, 7) is 6.68. The zero-order chi connectivity index (χ0) is 13.4. The van der Waals surface area contributed by atoms with E-state index in [1.165, 1.54) is 0 Å². The fraction of sp³-hybridized carbons (Fsp3) is 0.533. The summed E-state index contributed by atoms with van der Waals surface area (Å²) < 4.78 is 11.0. The van der Waals surface area contributed by atoms with Crippen LogP contribution in [0.1, 0.15) is 39.2 Å². The number of hydrogen-bond donors (Lipinski definition) is 0. The lowest BCUT2D eigenvalue weighted by Gasteiger charge is -2.30. The minimum Gasteiger partial charge on any atom is -0.464 e. The number of hydrogen-bond acceptors (Lipinski definition) is 3. The predicted octanol–water partition coefficient (Wildman–Crippen LogP) is 3.70. The molecule has 1 atom stereocenters. The number of halogens is 1. The van der Waals surface area contributed by atoms with Crippen LogP contribution in [-0.2, 0) is 19.9 Å². The van der Waals surface area contributed by atoms with Crippen molar-refractivity contribution in [3.63, 3.8) is 0 Å². The van der Waals surface area contributed by atoms with Gasteiger partial charge in [-0.3, -0.25) is 0 Å². The Morgan fingerprint density at radius 2 is 1.79 bits per heavy atom. The molecule has 0 aromatic heterocycles. The molecule has 1 rings (SSSR count). The first-order valence-electron chi connectivity index (χ1n) is 6.58. The van der Waals surface area contributed by atoms with Gasteiger partial charge in [-0.05, 0) is 25.3 Å². The van der Waals surface area contributed by atoms with E-state index in [0.29, 0.717) is 19.6 Å². The monoisotopic (exact) mass is 286 g/mol. The van der Waals surface area contributed by atoms with Crippen LogP contribution < -0.4 is 0 Å². The van der Waals surface area contributed by atoms with Gasteiger partial charge in [0.2, 0.25) is 0 Å². The van der Waals surface area contributed by atoms with E-state index in [1.54, 1.807) is 0 Å². The third-order valence-electron chi connectivity index (χ3n) is 2.90. The maximum atomic E-state index is 12.3. The maximum Gasteiger partial charge on any atom is 0.343 e. The number of rotatable bonds is 7. The maximum absolute atomic E-state index is 12.3. The second-order valence-corrected chi connectivity index (χ2v) is 4.12. The van der Waals surface area contributed by atoms with Crippen LogP contribution in [0.5, 0.6) is 0 Å². The lowest BCUT2D eigenvalue weighted by atomic mass is 9.90. The van der Waals surface area contributed by atoms with Crippen LogP contribution in [0.3, 0.4) is 0 Å². The van der Waals surface area contributed by atoms with E-state index < -0.39 is 5.60 Å². The molecule has 0 aliphatic carbocycles. The highest BCUT2D eigenvalue weighted by atomic mass is 35.5. The van der Waals surface area contributed by atoms with Gasteiger partial charge in [-0.1, -0.05) is 44.2 Å². The van der Waals surface area contributed by atoms with Crippen molar-refractivity contribution in [1.29, 1.82) is 0 Å². The molecule has 0 saturated heterocycles. The molecule has 1 aromatic carbocycles. The molecular weight excluding hydrogens is 264 g/mol. The molecule has 0 heterocycles. The van der Waals surface area contributed by atoms with E-state index in [1.807, 2.05) is 51.1 Å². The molecule has 0 aliphatic rings. The fourth-order valence-electron chi connectivity index (χ4n) is 1.94. The van der Waals surface area contributed by atoms with Crippen molar-refractivity contribution in [2.24, 2.45) is 0 Å². The zero-order valence-electron chi connectivity index (χ0n) is 11.8. The number of ether oxygens (including phenoxy) is 2. The van der Waals surface area contributed by atoms with Gasteiger partial charge in [0.15, 0.2) is 5.60 Å². The van der Waals surface area contributed by atoms with E-state index >= 15 is 0 Å². The molecule has 1 unspecified atom stereocenters. The molecular formula is C15H23ClO3. The molecule has 1 aromatic rings. The van der Waals surface area contributed by atoms with E-state index in [-0.39, 0.29) is 18.4 Å². The molecule has 0 amide bonds. The Morgan fingerprint density at radius 3 is 2.26 bits per heavy atom. The molecule has 0 spiro atoms. The summed E-state index contributed by atoms with van der Waals surface area (Å²) in [7, 11) is 0. The Kier molecular flexibility index (Phi) is 8.44. The summed E-state index contributed by atoms with van der Waals surface area (Å²) in [4.78, 5) is 12.3. The lowest BCUT2D eigenvalue weighted by Crippen LogP contribution is -2.40. The van der Waals surface area contributed by atoms with Crippen molar-refractivity contribution in [3.8, 4) is 0 Å². The molecule has 0 aliphatic heterocycles. The first-order chi connectivity index (χ1) is 8.71. The van der Waals surface area contributed by atoms with Gasteiger partial charge in [-0.2, -0.15) is 0 Å². The molecule has 0 N–H and O–H groups in total. The first-order valence-corrected chi connectivity index (χ1v) is 6.58. The first kappa shape index (κ1) is 17.9. The Hall–Kier alpha value is -1.06. The van der Waals surface area contributed by atoms with Gasteiger partial charge in [0.25, 0.3) is 0 Å². The summed E-state index contributed by atoms with van der Waals surface area (Å²) in [5, 5.41) is 0. The van der Waals surface area contributed by atoms with Gasteiger partial charge in [-0.25, -0.2) is 4.79 Å². The second kappa shape index (κ2) is 8.94. The molecule has 0 bridgehead atoms. The highest BCUT2D eigenvalue weighted by molar-refractivity contribution is 5.85. The highest BCUT2D eigenvalue weighted by Crippen LogP contribution is 2.31. The Balaban J connectivity index is 0.00000324. The topological polar surface area (TPSA) is 35.5 Å². The Bertz CT molecular complexity index is 367. The zero-order valence-corrected chi connectivity index (χ0v) is 12.7. The van der Waals surface area contributed by atoms with E-state index in [9.17, 15) is 4.79 Å². The SMILES string of the molecule is CCCOC(CC)(C(=O)OCC)c1ccccc1.Cl. The summed E-state index contributed by atoms with van der Waals surface area (Å²) in [5.41, 5.74) is -0.104. The van der Waals surface area contributed by atoms with Crippen molar-refractivity contribution in [2.75, 3.05) is 13.2 Å². The van der Waals surface area contributed by atoms with Crippen molar-refractivity contribution < 1.29 is 14.3 Å². The van der Waals surface area contributed by atoms with Crippen LogP contribution in [0.25, 0.3) is 0 Å². The molecule has 19 heavy (non-hydrogen) atoms. The van der Waals surface area contributed by atoms with Crippen LogP contribution in [0.15, 0.2) is 30.3 Å². The normalized spacial score (nSPS) is 13.2. The van der Waals surface area contributed by atoms with Gasteiger partial charge >= 0.3 is 5.97 Å². The Morgan fingerprint density at radius 1 is 1.16 bits per heavy atom. The number of benzene rings is 1. The van der Waals surface area contributed by atoms with Gasteiger partial charge < -0.3 is 9.47 Å². The number of carbonyl (C=O) groups excluding carboxylic acids is 1. The fourth-order valence-corrected chi connectivity index (χ4v) is 1.94. The smallest absolute Gasteiger partial charge is 0.343 e. The van der Waals surface area contributed by atoms with E-state index in [4.69, 9.17) is 9.47 Å². The standard InChI is InChI=1S/C15H22O3.ClH/c1-4-12-18-15(5-2,14(16)17-6-3)13-10-8-7-9-11-13;/h7-11H,4-6,12H2,1-3H3;1H. The summed E-state index contributed by atoms with van der Waals surface area (Å²) in [6, 6.07) is 9.57.